The first kappa shape index (κ1) is 12.3. The van der Waals surface area contributed by atoms with Crippen LogP contribution in [-0.2, 0) is 11.1 Å². The van der Waals surface area contributed by atoms with E-state index in [9.17, 15) is 4.79 Å². The Morgan fingerprint density at radius 3 is 2.26 bits per heavy atom. The van der Waals surface area contributed by atoms with Gasteiger partial charge in [-0.25, -0.2) is 0 Å². The maximum absolute atomic E-state index is 12.6. The number of nitrogens with zero attached hydrogens (tertiary/aromatic N) is 1. The van der Waals surface area contributed by atoms with Gasteiger partial charge in [-0.3, -0.25) is 4.79 Å². The highest BCUT2D eigenvalue weighted by molar-refractivity contribution is 7.95. The van der Waals surface area contributed by atoms with E-state index in [1.54, 1.807) is 0 Å². The molecule has 96 valence electrons. The van der Waals surface area contributed by atoms with E-state index in [0.29, 0.717) is 0 Å². The van der Waals surface area contributed by atoms with Gasteiger partial charge in [0.2, 0.25) is 0 Å². The van der Waals surface area contributed by atoms with Crippen molar-refractivity contribution >= 4 is 17.0 Å². The minimum absolute atomic E-state index is 0.0753. The molecule has 1 saturated heterocycles. The van der Waals surface area contributed by atoms with E-state index in [0.717, 1.165) is 24.3 Å². The third-order valence-electron chi connectivity index (χ3n) is 3.23. The first-order valence-corrected chi connectivity index (χ1v) is 7.84. The fourth-order valence-corrected chi connectivity index (χ4v) is 4.55. The van der Waals surface area contributed by atoms with Crippen LogP contribution in [0.15, 0.2) is 65.6 Å². The van der Waals surface area contributed by atoms with Gasteiger partial charge in [0, 0.05) is 12.0 Å². The summed E-state index contributed by atoms with van der Waals surface area (Å²) < 4.78 is 2.03. The third-order valence-corrected chi connectivity index (χ3v) is 5.60. The minimum Gasteiger partial charge on any atom is -0.265 e. The largest absolute Gasteiger partial charge is 0.295 e. The molecule has 3 heteroatoms. The molecule has 3 rings (SSSR count). The summed E-state index contributed by atoms with van der Waals surface area (Å²) in [4.78, 5) is 13.8. The van der Waals surface area contributed by atoms with Crippen molar-refractivity contribution in [2.24, 2.45) is 0 Å². The van der Waals surface area contributed by atoms with Crippen molar-refractivity contribution in [3.05, 3.63) is 66.2 Å². The van der Waals surface area contributed by atoms with Crippen LogP contribution in [0.1, 0.15) is 16.8 Å². The third kappa shape index (κ3) is 2.51. The predicted molar refractivity (Wildman–Crippen MR) is 79.0 cm³/mol. The maximum Gasteiger partial charge on any atom is 0.295 e. The molecule has 2 aromatic rings. The van der Waals surface area contributed by atoms with Crippen LogP contribution < -0.4 is 0 Å². The summed E-state index contributed by atoms with van der Waals surface area (Å²) in [5, 5.41) is 0. The summed E-state index contributed by atoms with van der Waals surface area (Å²) in [6.45, 7) is 0.867. The van der Waals surface area contributed by atoms with Crippen LogP contribution in [0.2, 0.25) is 0 Å². The zero-order valence-corrected chi connectivity index (χ0v) is 11.5. The van der Waals surface area contributed by atoms with Crippen LogP contribution >= 0.6 is 0 Å². The van der Waals surface area contributed by atoms with E-state index in [1.165, 1.54) is 4.90 Å². The van der Waals surface area contributed by atoms with Crippen LogP contribution in [0.4, 0.5) is 0 Å². The molecule has 1 fully saturated rings. The summed E-state index contributed by atoms with van der Waals surface area (Å²) in [5.74, 6) is 1.24. The van der Waals surface area contributed by atoms with Crippen LogP contribution in [0.25, 0.3) is 0 Å². The van der Waals surface area contributed by atoms with Gasteiger partial charge in [0.05, 0.1) is 6.54 Å². The fraction of sp³-hybridized carbons (Fsp3) is 0.188. The maximum atomic E-state index is 12.6. The quantitative estimate of drug-likeness (QED) is 0.768. The molecule has 1 aliphatic heterocycles. The Kier molecular flexibility index (Phi) is 3.56. The second-order valence-corrected chi connectivity index (χ2v) is 6.56. The van der Waals surface area contributed by atoms with Gasteiger partial charge in [0.15, 0.2) is 4.90 Å². The van der Waals surface area contributed by atoms with Gasteiger partial charge in [0.25, 0.3) is 5.91 Å². The highest BCUT2D eigenvalue weighted by Gasteiger charge is 2.40. The number of carbonyl (C=O) groups is 1. The molecule has 1 unspecified atom stereocenters. The number of hydrogen-bond donors (Lipinski definition) is 0. The minimum atomic E-state index is -0.0753. The lowest BCUT2D eigenvalue weighted by atomic mass is 10.2. The summed E-state index contributed by atoms with van der Waals surface area (Å²) >= 11 is -0.0753. The monoisotopic (exact) mass is 270 g/mol. The highest BCUT2D eigenvalue weighted by Crippen LogP contribution is 2.26. The standard InChI is InChI=1S/C16H16NOS/c18-16(14-8-3-1-4-9-14)17-12-7-13-19(17)15-10-5-2-6-11-15/h1-6,8-11H,7,12-13H2/q+1. The summed E-state index contributed by atoms with van der Waals surface area (Å²) in [7, 11) is 0. The van der Waals surface area contributed by atoms with Crippen molar-refractivity contribution in [1.29, 1.82) is 0 Å². The van der Waals surface area contributed by atoms with Crippen LogP contribution in [-0.4, -0.2) is 22.5 Å². The fourth-order valence-electron chi connectivity index (χ4n) is 2.31. The molecule has 1 amide bonds. The molecule has 1 aliphatic rings. The van der Waals surface area contributed by atoms with Gasteiger partial charge in [0.1, 0.15) is 16.8 Å². The molecule has 19 heavy (non-hydrogen) atoms. The number of carbonyl (C=O) groups excluding carboxylic acids is 1. The molecule has 0 N–H and O–H groups in total. The lowest BCUT2D eigenvalue weighted by Gasteiger charge is -2.14. The van der Waals surface area contributed by atoms with Gasteiger partial charge in [-0.1, -0.05) is 36.4 Å². The molecule has 1 atom stereocenters. The zero-order chi connectivity index (χ0) is 13.1. The first-order valence-electron chi connectivity index (χ1n) is 6.49. The summed E-state index contributed by atoms with van der Waals surface area (Å²) in [5.41, 5.74) is 0.790. The molecule has 0 aromatic heterocycles. The van der Waals surface area contributed by atoms with Crippen molar-refractivity contribution in [2.45, 2.75) is 11.3 Å². The van der Waals surface area contributed by atoms with E-state index < -0.39 is 0 Å². The molecule has 2 nitrogen and oxygen atoms in total. The molecule has 2 aromatic carbocycles. The Morgan fingerprint density at radius 1 is 0.947 bits per heavy atom. The molecule has 0 aliphatic carbocycles. The average Bonchev–Trinajstić information content (AvgIpc) is 2.98. The van der Waals surface area contributed by atoms with Gasteiger partial charge in [-0.2, -0.15) is 0 Å². The lowest BCUT2D eigenvalue weighted by Crippen LogP contribution is -2.32. The first-order chi connectivity index (χ1) is 9.36. The van der Waals surface area contributed by atoms with Crippen LogP contribution in [0.5, 0.6) is 0 Å². The van der Waals surface area contributed by atoms with Crippen molar-refractivity contribution < 1.29 is 4.79 Å². The Hall–Kier alpha value is -1.74. The predicted octanol–water partition coefficient (Wildman–Crippen LogP) is 3.12. The van der Waals surface area contributed by atoms with Crippen molar-refractivity contribution in [1.82, 2.24) is 4.31 Å². The number of rotatable bonds is 2. The zero-order valence-electron chi connectivity index (χ0n) is 10.7. The van der Waals surface area contributed by atoms with Crippen molar-refractivity contribution in [3.63, 3.8) is 0 Å². The molecular weight excluding hydrogens is 254 g/mol. The molecule has 0 bridgehead atoms. The van der Waals surface area contributed by atoms with Crippen LogP contribution in [0, 0.1) is 0 Å². The summed E-state index contributed by atoms with van der Waals surface area (Å²) in [6, 6.07) is 19.9. The second-order valence-electron chi connectivity index (χ2n) is 4.51. The lowest BCUT2D eigenvalue weighted by molar-refractivity contribution is 0.0875. The number of amides is 1. The van der Waals surface area contributed by atoms with E-state index in [1.807, 2.05) is 52.8 Å². The van der Waals surface area contributed by atoms with Crippen molar-refractivity contribution in [2.75, 3.05) is 12.3 Å². The molecule has 0 radical (unpaired) electrons. The number of benzene rings is 2. The smallest absolute Gasteiger partial charge is 0.265 e. The van der Waals surface area contributed by atoms with E-state index in [4.69, 9.17) is 0 Å². The molecule has 0 spiro atoms. The molecule has 0 saturated carbocycles. The van der Waals surface area contributed by atoms with Crippen LogP contribution in [0.3, 0.4) is 0 Å². The normalized spacial score (nSPS) is 18.5. The Balaban J connectivity index is 1.86. The summed E-state index contributed by atoms with van der Waals surface area (Å²) in [6.07, 6.45) is 1.09. The average molecular weight is 270 g/mol. The van der Waals surface area contributed by atoms with Crippen molar-refractivity contribution in [3.8, 4) is 0 Å². The van der Waals surface area contributed by atoms with Gasteiger partial charge in [-0.05, 0) is 24.3 Å². The van der Waals surface area contributed by atoms with E-state index in [-0.39, 0.29) is 17.0 Å². The van der Waals surface area contributed by atoms with Gasteiger partial charge in [-0.15, -0.1) is 4.31 Å². The Labute approximate surface area is 116 Å². The van der Waals surface area contributed by atoms with Gasteiger partial charge >= 0.3 is 0 Å². The molecular formula is C16H16NOS+. The Bertz CT molecular complexity index is 555. The highest BCUT2D eigenvalue weighted by atomic mass is 32.2. The Morgan fingerprint density at radius 2 is 1.58 bits per heavy atom. The van der Waals surface area contributed by atoms with E-state index in [2.05, 4.69) is 12.1 Å². The SMILES string of the molecule is O=C(c1ccccc1)N1CCC[S+]1c1ccccc1. The van der Waals surface area contributed by atoms with E-state index >= 15 is 0 Å². The topological polar surface area (TPSA) is 20.3 Å². The number of hydrogen-bond acceptors (Lipinski definition) is 1. The van der Waals surface area contributed by atoms with Gasteiger partial charge < -0.3 is 0 Å². The second kappa shape index (κ2) is 5.49. The molecule has 1 heterocycles.